The monoisotopic (exact) mass is 901 g/mol. The minimum Gasteiger partial charge on any atom is -0.481 e. The number of likely N-dealkylation sites (N-methyl/N-ethyl adjacent to an activating group) is 1. The van der Waals surface area contributed by atoms with Gasteiger partial charge in [0.1, 0.15) is 35.4 Å². The molecule has 0 aliphatic rings. The Kier molecular flexibility index (Phi) is 19.5. The Balaban J connectivity index is 1.51. The zero-order chi connectivity index (χ0) is 45.7. The predicted molar refractivity (Wildman–Crippen MR) is 235 cm³/mol. The fourth-order valence-corrected chi connectivity index (χ4v) is 7.97. The molecule has 0 radical (unpaired) electrons. The summed E-state index contributed by atoms with van der Waals surface area (Å²) in [5.41, 5.74) is 7.47. The molecular weight excluding hydrogens is 855 g/mol. The number of nitrogens with one attached hydrogen (secondary N) is 6. The molecule has 0 bridgehead atoms. The van der Waals surface area contributed by atoms with E-state index in [0.717, 1.165) is 27.8 Å². The number of aromatic nitrogens is 1. The second-order valence-corrected chi connectivity index (χ2v) is 16.3. The molecule has 1 heterocycles. The summed E-state index contributed by atoms with van der Waals surface area (Å²) in [6, 6.07) is 22.7. The normalized spacial score (nSPS) is 13.2. The van der Waals surface area contributed by atoms with Crippen LogP contribution in [0.4, 0.5) is 5.69 Å². The van der Waals surface area contributed by atoms with Crippen LogP contribution in [0.1, 0.15) is 23.1 Å². The number of rotatable bonds is 25. The van der Waals surface area contributed by atoms with E-state index in [1.165, 1.54) is 19.2 Å². The third-order valence-electron chi connectivity index (χ3n) is 9.20. The van der Waals surface area contributed by atoms with Gasteiger partial charge in [-0.15, -0.1) is 0 Å². The Morgan fingerprint density at radius 2 is 1.14 bits per heavy atom. The molecule has 6 amide bonds. The Morgan fingerprint density at radius 1 is 0.667 bits per heavy atom. The summed E-state index contributed by atoms with van der Waals surface area (Å²) in [5, 5.41) is 36.3. The van der Waals surface area contributed by atoms with E-state index in [1.807, 2.05) is 0 Å². The number of primary amides is 1. The van der Waals surface area contributed by atoms with Crippen molar-refractivity contribution in [3.63, 3.8) is 0 Å². The average Bonchev–Trinajstić information content (AvgIpc) is 3.27. The number of hydrogen-bond acceptors (Lipinski definition) is 13. The molecule has 0 spiro atoms. The van der Waals surface area contributed by atoms with Gasteiger partial charge in [0.15, 0.2) is 0 Å². The highest BCUT2D eigenvalue weighted by molar-refractivity contribution is 8.76. The Bertz CT molecular complexity index is 2190. The van der Waals surface area contributed by atoms with E-state index in [1.54, 1.807) is 91.0 Å². The van der Waals surface area contributed by atoms with Crippen LogP contribution in [0.3, 0.4) is 0 Å². The lowest BCUT2D eigenvalue weighted by atomic mass is 10.0. The van der Waals surface area contributed by atoms with Gasteiger partial charge in [0.2, 0.25) is 35.4 Å². The standard InChI is InChI=1S/C42H47N9O10S2/c1-44-31(22-37(53)54)40(57)49-32(20-27-13-7-3-8-14-27)39(56)46-24-35(52)47-33(21-28-15-9-4-10-16-28)41(58)50-34(25-62-63-36-18-17-29(23-45-36)51(60)61)42(59)48-30(38(43)55)19-26-11-5-2-6-12-26/h2-18,23,30-34,44H,19-22,24-25H2,1H3,(H2,43,55)(H,46,56)(H,47,52)(H,48,59)(H,49,57)(H,50,58)(H,53,54)/t30-,31-,32-,33-,34-/m0/s1. The number of carboxylic acids is 1. The van der Waals surface area contributed by atoms with Crippen LogP contribution >= 0.6 is 21.6 Å². The summed E-state index contributed by atoms with van der Waals surface area (Å²) in [6.45, 7) is -0.637. The number of carboxylic acid groups (broad SMARTS) is 1. The van der Waals surface area contributed by atoms with Crippen molar-refractivity contribution < 1.29 is 43.6 Å². The largest absolute Gasteiger partial charge is 0.481 e. The summed E-state index contributed by atoms with van der Waals surface area (Å²) in [4.78, 5) is 106. The first-order chi connectivity index (χ1) is 30.2. The van der Waals surface area contributed by atoms with Crippen molar-refractivity contribution in [3.05, 3.63) is 136 Å². The van der Waals surface area contributed by atoms with Crippen molar-refractivity contribution in [2.45, 2.75) is 60.9 Å². The fourth-order valence-electron chi connectivity index (χ4n) is 5.92. The second kappa shape index (κ2) is 25.2. The van der Waals surface area contributed by atoms with E-state index in [-0.39, 0.29) is 30.7 Å². The Labute approximate surface area is 370 Å². The van der Waals surface area contributed by atoms with Crippen molar-refractivity contribution in [2.24, 2.45) is 5.73 Å². The highest BCUT2D eigenvalue weighted by Crippen LogP contribution is 2.30. The van der Waals surface area contributed by atoms with Crippen molar-refractivity contribution in [2.75, 3.05) is 19.3 Å². The summed E-state index contributed by atoms with van der Waals surface area (Å²) < 4.78 is 0. The van der Waals surface area contributed by atoms with Gasteiger partial charge in [0.05, 0.1) is 23.9 Å². The van der Waals surface area contributed by atoms with E-state index in [2.05, 4.69) is 36.9 Å². The van der Waals surface area contributed by atoms with Crippen LogP contribution < -0.4 is 37.6 Å². The predicted octanol–water partition coefficient (Wildman–Crippen LogP) is 1.06. The molecule has 9 N–H and O–H groups in total. The quantitative estimate of drug-likeness (QED) is 0.0262. The van der Waals surface area contributed by atoms with Crippen LogP contribution in [0, 0.1) is 10.1 Å². The van der Waals surface area contributed by atoms with E-state index in [9.17, 15) is 48.8 Å². The first kappa shape index (κ1) is 48.8. The van der Waals surface area contributed by atoms with Gasteiger partial charge in [0.25, 0.3) is 5.69 Å². The van der Waals surface area contributed by atoms with Crippen LogP contribution in [0.25, 0.3) is 0 Å². The zero-order valence-electron chi connectivity index (χ0n) is 33.9. The van der Waals surface area contributed by atoms with E-state index in [0.29, 0.717) is 21.7 Å². The lowest BCUT2D eigenvalue weighted by Crippen LogP contribution is -2.58. The number of nitrogens with zero attached hydrogens (tertiary/aromatic N) is 2. The third kappa shape index (κ3) is 16.9. The van der Waals surface area contributed by atoms with Gasteiger partial charge >= 0.3 is 5.97 Å². The number of aliphatic carboxylic acids is 1. The molecule has 3 aromatic carbocycles. The summed E-state index contributed by atoms with van der Waals surface area (Å²) in [7, 11) is 3.57. The average molecular weight is 902 g/mol. The third-order valence-corrected chi connectivity index (χ3v) is 11.5. The number of carbonyl (C=O) groups is 7. The molecule has 19 nitrogen and oxygen atoms in total. The van der Waals surface area contributed by atoms with Crippen LogP contribution in [-0.4, -0.2) is 106 Å². The number of carbonyl (C=O) groups excluding carboxylic acids is 6. The number of amides is 6. The molecule has 4 aromatic rings. The lowest BCUT2D eigenvalue weighted by Gasteiger charge is -2.25. The van der Waals surface area contributed by atoms with Gasteiger partial charge < -0.3 is 42.7 Å². The van der Waals surface area contributed by atoms with Gasteiger partial charge in [-0.2, -0.15) is 0 Å². The lowest BCUT2D eigenvalue weighted by molar-refractivity contribution is -0.385. The number of hydrogen-bond donors (Lipinski definition) is 8. The number of nitrogens with two attached hydrogens (primary N) is 1. The van der Waals surface area contributed by atoms with Crippen molar-refractivity contribution >= 4 is 68.7 Å². The molecule has 21 heteroatoms. The maximum atomic E-state index is 14.1. The van der Waals surface area contributed by atoms with Crippen LogP contribution in [0.2, 0.25) is 0 Å². The van der Waals surface area contributed by atoms with Crippen molar-refractivity contribution in [1.29, 1.82) is 0 Å². The zero-order valence-corrected chi connectivity index (χ0v) is 35.6. The first-order valence-corrected chi connectivity index (χ1v) is 21.7. The molecule has 0 saturated carbocycles. The maximum Gasteiger partial charge on any atom is 0.305 e. The summed E-state index contributed by atoms with van der Waals surface area (Å²) >= 11 is 0. The molecular formula is C42H47N9O10S2. The number of benzene rings is 3. The van der Waals surface area contributed by atoms with Gasteiger partial charge in [-0.25, -0.2) is 4.98 Å². The maximum absolute atomic E-state index is 14.1. The molecule has 0 aliphatic heterocycles. The van der Waals surface area contributed by atoms with E-state index < -0.39 is 89.5 Å². The molecule has 63 heavy (non-hydrogen) atoms. The van der Waals surface area contributed by atoms with Gasteiger partial charge in [-0.05, 0) is 40.6 Å². The molecule has 332 valence electrons. The number of pyridine rings is 1. The minimum absolute atomic E-state index is 0.00451. The van der Waals surface area contributed by atoms with Crippen LogP contribution in [0.5, 0.6) is 0 Å². The van der Waals surface area contributed by atoms with E-state index >= 15 is 0 Å². The molecule has 5 atom stereocenters. The highest BCUT2D eigenvalue weighted by atomic mass is 33.1. The van der Waals surface area contributed by atoms with E-state index in [4.69, 9.17) is 5.73 Å². The second-order valence-electron chi connectivity index (χ2n) is 13.9. The summed E-state index contributed by atoms with van der Waals surface area (Å²) in [5.74, 6) is -6.02. The molecule has 4 rings (SSSR count). The molecule has 0 unspecified atom stereocenters. The fraction of sp³-hybridized carbons (Fsp3) is 0.286. The molecule has 0 aliphatic carbocycles. The number of nitro groups is 1. The van der Waals surface area contributed by atoms with Gasteiger partial charge in [-0.1, -0.05) is 102 Å². The highest BCUT2D eigenvalue weighted by Gasteiger charge is 2.31. The topological polar surface area (TPSA) is 294 Å². The molecule has 1 aromatic heterocycles. The van der Waals surface area contributed by atoms with Gasteiger partial charge in [0, 0.05) is 31.1 Å². The van der Waals surface area contributed by atoms with Gasteiger partial charge in [-0.3, -0.25) is 43.7 Å². The minimum atomic E-state index is -1.31. The Hall–Kier alpha value is -6.84. The molecule has 0 fully saturated rings. The SMILES string of the molecule is CN[C@@H](CC(=O)O)C(=O)N[C@@H](Cc1ccccc1)C(=O)NCC(=O)N[C@@H](Cc1ccccc1)C(=O)N[C@@H](CSSc1ccc([N+](=O)[O-])cn1)C(=O)N[C@@H](Cc1ccccc1)C(N)=O. The van der Waals surface area contributed by atoms with Crippen molar-refractivity contribution in [1.82, 2.24) is 36.9 Å². The smallest absolute Gasteiger partial charge is 0.305 e. The first-order valence-electron chi connectivity index (χ1n) is 19.4. The molecule has 0 saturated heterocycles. The summed E-state index contributed by atoms with van der Waals surface area (Å²) in [6.07, 6.45) is 0.547. The van der Waals surface area contributed by atoms with Crippen LogP contribution in [-0.2, 0) is 52.8 Å². The van der Waals surface area contributed by atoms with Crippen LogP contribution in [0.15, 0.2) is 114 Å². The Morgan fingerprint density at radius 3 is 1.62 bits per heavy atom. The van der Waals surface area contributed by atoms with Crippen molar-refractivity contribution in [3.8, 4) is 0 Å².